The molecule has 0 radical (unpaired) electrons. The maximum Gasteiger partial charge on any atom is 0.173 e. The van der Waals surface area contributed by atoms with Gasteiger partial charge in [0.25, 0.3) is 0 Å². The molecule has 0 saturated carbocycles. The van der Waals surface area contributed by atoms with Gasteiger partial charge in [0.15, 0.2) is 4.67 Å². The van der Waals surface area contributed by atoms with Crippen molar-refractivity contribution in [2.45, 2.75) is 51.7 Å². The summed E-state index contributed by atoms with van der Waals surface area (Å²) >= 11 is 3.46. The Hall–Kier alpha value is -0.320. The first-order valence-corrected chi connectivity index (χ1v) is 7.31. The van der Waals surface area contributed by atoms with E-state index >= 15 is 0 Å². The van der Waals surface area contributed by atoms with Crippen molar-refractivity contribution in [3.8, 4) is 0 Å². The van der Waals surface area contributed by atoms with Gasteiger partial charge in [-0.1, -0.05) is 6.92 Å². The van der Waals surface area contributed by atoms with E-state index in [4.69, 9.17) is 9.15 Å². The molecule has 0 aliphatic carbocycles. The zero-order valence-corrected chi connectivity index (χ0v) is 13.3. The van der Waals surface area contributed by atoms with Crippen LogP contribution in [0.25, 0.3) is 0 Å². The predicted molar refractivity (Wildman–Crippen MR) is 77.8 cm³/mol. The Labute approximate surface area is 118 Å². The molecule has 4 heteroatoms. The van der Waals surface area contributed by atoms with E-state index in [2.05, 4.69) is 42.0 Å². The van der Waals surface area contributed by atoms with E-state index in [0.717, 1.165) is 30.5 Å². The minimum absolute atomic E-state index is 0.0810. The van der Waals surface area contributed by atoms with Crippen LogP contribution in [0.1, 0.15) is 51.6 Å². The van der Waals surface area contributed by atoms with E-state index in [1.165, 1.54) is 5.56 Å². The fourth-order valence-corrected chi connectivity index (χ4v) is 2.35. The lowest BCUT2D eigenvalue weighted by atomic mass is 9.96. The van der Waals surface area contributed by atoms with E-state index in [-0.39, 0.29) is 5.60 Å². The Bertz CT molecular complexity index is 349. The summed E-state index contributed by atoms with van der Waals surface area (Å²) in [6.45, 7) is 7.42. The molecule has 0 amide bonds. The number of hydrogen-bond acceptors (Lipinski definition) is 3. The molecule has 0 spiro atoms. The number of methoxy groups -OCH3 is 1. The van der Waals surface area contributed by atoms with Crippen molar-refractivity contribution in [3.63, 3.8) is 0 Å². The Kier molecular flexibility index (Phi) is 6.39. The molecule has 18 heavy (non-hydrogen) atoms. The molecule has 3 nitrogen and oxygen atoms in total. The lowest BCUT2D eigenvalue weighted by Crippen LogP contribution is -2.27. The van der Waals surface area contributed by atoms with Crippen LogP contribution in [-0.2, 0) is 4.74 Å². The van der Waals surface area contributed by atoms with Crippen LogP contribution in [0.3, 0.4) is 0 Å². The Morgan fingerprint density at radius 1 is 1.50 bits per heavy atom. The third-order valence-electron chi connectivity index (χ3n) is 3.25. The first kappa shape index (κ1) is 15.7. The molecule has 1 N–H and O–H groups in total. The molecule has 1 rings (SSSR count). The predicted octanol–water partition coefficient (Wildman–Crippen LogP) is 4.29. The minimum Gasteiger partial charge on any atom is -0.457 e. The third kappa shape index (κ3) is 4.75. The maximum absolute atomic E-state index is 5.48. The molecular formula is C14H24BrNO2. The van der Waals surface area contributed by atoms with Gasteiger partial charge < -0.3 is 14.5 Å². The maximum atomic E-state index is 5.48. The highest BCUT2D eigenvalue weighted by molar-refractivity contribution is 9.10. The van der Waals surface area contributed by atoms with E-state index in [9.17, 15) is 0 Å². The third-order valence-corrected chi connectivity index (χ3v) is 3.89. The summed E-state index contributed by atoms with van der Waals surface area (Å²) in [6, 6.07) is 2.34. The van der Waals surface area contributed by atoms with Crippen LogP contribution < -0.4 is 5.32 Å². The molecule has 1 heterocycles. The molecule has 104 valence electrons. The number of ether oxygens (including phenoxy) is 1. The van der Waals surface area contributed by atoms with Gasteiger partial charge in [-0.15, -0.1) is 0 Å². The second-order valence-corrected chi connectivity index (χ2v) is 5.88. The van der Waals surface area contributed by atoms with Gasteiger partial charge in [0, 0.05) is 18.7 Å². The van der Waals surface area contributed by atoms with E-state index < -0.39 is 0 Å². The zero-order valence-electron chi connectivity index (χ0n) is 11.8. The highest BCUT2D eigenvalue weighted by Gasteiger charge is 2.22. The average molecular weight is 318 g/mol. The van der Waals surface area contributed by atoms with Crippen molar-refractivity contribution >= 4 is 15.9 Å². The van der Waals surface area contributed by atoms with Gasteiger partial charge in [-0.2, -0.15) is 0 Å². The Morgan fingerprint density at radius 2 is 2.22 bits per heavy atom. The fourth-order valence-electron chi connectivity index (χ4n) is 1.83. The van der Waals surface area contributed by atoms with Crippen molar-refractivity contribution < 1.29 is 9.15 Å². The molecule has 1 atom stereocenters. The summed E-state index contributed by atoms with van der Waals surface area (Å²) in [5.74, 6) is 0. The molecule has 0 aromatic carbocycles. The van der Waals surface area contributed by atoms with Gasteiger partial charge in [-0.05, 0) is 61.7 Å². The second kappa shape index (κ2) is 7.31. The minimum atomic E-state index is -0.0810. The number of furan rings is 1. The summed E-state index contributed by atoms with van der Waals surface area (Å²) in [4.78, 5) is 0. The van der Waals surface area contributed by atoms with Crippen molar-refractivity contribution in [2.75, 3.05) is 13.7 Å². The van der Waals surface area contributed by atoms with Crippen LogP contribution in [0.4, 0.5) is 0 Å². The van der Waals surface area contributed by atoms with Crippen molar-refractivity contribution in [2.24, 2.45) is 0 Å². The number of hydrogen-bond donors (Lipinski definition) is 1. The van der Waals surface area contributed by atoms with Crippen LogP contribution in [-0.4, -0.2) is 19.3 Å². The molecule has 0 fully saturated rings. The molecule has 0 saturated heterocycles. The van der Waals surface area contributed by atoms with Gasteiger partial charge in [-0.3, -0.25) is 0 Å². The van der Waals surface area contributed by atoms with Gasteiger partial charge in [-0.25, -0.2) is 0 Å². The lowest BCUT2D eigenvalue weighted by molar-refractivity contribution is 0.0116. The first-order chi connectivity index (χ1) is 8.50. The quantitative estimate of drug-likeness (QED) is 0.776. The molecule has 0 aliphatic heterocycles. The molecule has 1 aromatic heterocycles. The summed E-state index contributed by atoms with van der Waals surface area (Å²) in [6.07, 6.45) is 4.88. The normalized spacial score (nSPS) is 13.8. The van der Waals surface area contributed by atoms with Gasteiger partial charge in [0.05, 0.1) is 11.9 Å². The lowest BCUT2D eigenvalue weighted by Gasteiger charge is -2.26. The van der Waals surface area contributed by atoms with E-state index in [1.807, 2.05) is 6.07 Å². The molecular weight excluding hydrogens is 294 g/mol. The second-order valence-electron chi connectivity index (χ2n) is 5.16. The zero-order chi connectivity index (χ0) is 13.6. The molecule has 1 unspecified atom stereocenters. The number of nitrogens with one attached hydrogen (secondary N) is 1. The van der Waals surface area contributed by atoms with Crippen molar-refractivity contribution in [1.29, 1.82) is 0 Å². The number of rotatable bonds is 8. The van der Waals surface area contributed by atoms with Crippen molar-refractivity contribution in [1.82, 2.24) is 5.32 Å². The summed E-state index contributed by atoms with van der Waals surface area (Å²) in [5.41, 5.74) is 1.11. The first-order valence-electron chi connectivity index (χ1n) is 6.51. The number of halogens is 1. The Balaban J connectivity index is 2.65. The average Bonchev–Trinajstić information content (AvgIpc) is 2.76. The van der Waals surface area contributed by atoms with Gasteiger partial charge in [0.2, 0.25) is 0 Å². The summed E-state index contributed by atoms with van der Waals surface area (Å²) in [7, 11) is 1.77. The van der Waals surface area contributed by atoms with Crippen LogP contribution in [0.15, 0.2) is 21.4 Å². The smallest absolute Gasteiger partial charge is 0.173 e. The van der Waals surface area contributed by atoms with E-state index in [0.29, 0.717) is 6.04 Å². The SMILES string of the molecule is CCCNC(CCC(C)(C)OC)c1ccoc1Br. The van der Waals surface area contributed by atoms with Crippen LogP contribution in [0, 0.1) is 0 Å². The molecule has 0 aliphatic rings. The highest BCUT2D eigenvalue weighted by atomic mass is 79.9. The summed E-state index contributed by atoms with van der Waals surface area (Å²) < 4.78 is 11.6. The summed E-state index contributed by atoms with van der Waals surface area (Å²) in [5, 5.41) is 3.56. The fraction of sp³-hybridized carbons (Fsp3) is 0.714. The van der Waals surface area contributed by atoms with Gasteiger partial charge >= 0.3 is 0 Å². The van der Waals surface area contributed by atoms with Crippen LogP contribution in [0.5, 0.6) is 0 Å². The van der Waals surface area contributed by atoms with Crippen LogP contribution in [0.2, 0.25) is 0 Å². The molecule has 0 bridgehead atoms. The molecule has 1 aromatic rings. The van der Waals surface area contributed by atoms with E-state index in [1.54, 1.807) is 13.4 Å². The van der Waals surface area contributed by atoms with Crippen molar-refractivity contribution in [3.05, 3.63) is 22.6 Å². The Morgan fingerprint density at radius 3 is 2.72 bits per heavy atom. The standard InChI is InChI=1S/C14H24BrNO2/c1-5-9-16-12(6-8-14(2,3)17-4)11-7-10-18-13(11)15/h7,10,12,16H,5-6,8-9H2,1-4H3. The monoisotopic (exact) mass is 317 g/mol. The highest BCUT2D eigenvalue weighted by Crippen LogP contribution is 2.30. The topological polar surface area (TPSA) is 34.4 Å². The largest absolute Gasteiger partial charge is 0.457 e. The van der Waals surface area contributed by atoms with Crippen LogP contribution >= 0.6 is 15.9 Å². The van der Waals surface area contributed by atoms with Gasteiger partial charge in [0.1, 0.15) is 0 Å².